The van der Waals surface area contributed by atoms with Gasteiger partial charge in [0.25, 0.3) is 5.56 Å². The number of nitrogens with one attached hydrogen (secondary N) is 1. The third kappa shape index (κ3) is 3.62. The van der Waals surface area contributed by atoms with E-state index in [1.54, 1.807) is 6.92 Å². The molecule has 9 heteroatoms. The maximum absolute atomic E-state index is 12.6. The minimum atomic E-state index is -3.08. The fraction of sp³-hybridized carbons (Fsp3) is 0.562. The fourth-order valence-corrected chi connectivity index (χ4v) is 6.24. The molecule has 0 aromatic carbocycles. The lowest BCUT2D eigenvalue weighted by Gasteiger charge is -2.23. The number of thiophene rings is 1. The second-order valence-corrected chi connectivity index (χ2v) is 10.3. The van der Waals surface area contributed by atoms with Crippen LogP contribution in [0.5, 0.6) is 0 Å². The Morgan fingerprint density at radius 3 is 2.80 bits per heavy atom. The smallest absolute Gasteiger partial charge is 0.262 e. The van der Waals surface area contributed by atoms with Crippen LogP contribution in [0.3, 0.4) is 0 Å². The lowest BCUT2D eigenvalue weighted by Crippen LogP contribution is -2.47. The molecule has 0 saturated carbocycles. The van der Waals surface area contributed by atoms with E-state index in [1.165, 1.54) is 22.2 Å². The van der Waals surface area contributed by atoms with E-state index in [4.69, 9.17) is 0 Å². The van der Waals surface area contributed by atoms with Gasteiger partial charge in [-0.1, -0.05) is 0 Å². The van der Waals surface area contributed by atoms with Gasteiger partial charge in [-0.25, -0.2) is 13.4 Å². The third-order valence-corrected chi connectivity index (χ3v) is 7.70. The Kier molecular flexibility index (Phi) is 4.48. The Hall–Kier alpha value is -1.74. The summed E-state index contributed by atoms with van der Waals surface area (Å²) in [5, 5.41) is 3.41. The van der Waals surface area contributed by atoms with E-state index in [0.717, 1.165) is 10.4 Å². The zero-order valence-corrected chi connectivity index (χ0v) is 16.1. The molecule has 1 amide bonds. The van der Waals surface area contributed by atoms with Gasteiger partial charge in [0, 0.05) is 17.8 Å². The molecule has 1 aliphatic rings. The summed E-state index contributed by atoms with van der Waals surface area (Å²) in [6.45, 7) is 5.81. The van der Waals surface area contributed by atoms with Crippen LogP contribution in [0.25, 0.3) is 10.2 Å². The van der Waals surface area contributed by atoms with Gasteiger partial charge >= 0.3 is 0 Å². The quantitative estimate of drug-likeness (QED) is 0.854. The molecule has 1 aliphatic heterocycles. The van der Waals surface area contributed by atoms with Crippen molar-refractivity contribution in [2.24, 2.45) is 0 Å². The van der Waals surface area contributed by atoms with Crippen LogP contribution in [-0.4, -0.2) is 40.9 Å². The molecule has 1 N–H and O–H groups in total. The van der Waals surface area contributed by atoms with Crippen molar-refractivity contribution >= 4 is 37.3 Å². The molecule has 1 unspecified atom stereocenters. The zero-order valence-electron chi connectivity index (χ0n) is 14.5. The molecule has 7 nitrogen and oxygen atoms in total. The number of carbonyl (C=O) groups is 1. The van der Waals surface area contributed by atoms with Gasteiger partial charge in [-0.3, -0.25) is 14.2 Å². The van der Waals surface area contributed by atoms with Crippen LogP contribution in [0, 0.1) is 13.8 Å². The van der Waals surface area contributed by atoms with Crippen molar-refractivity contribution in [1.29, 1.82) is 0 Å². The number of fused-ring (bicyclic) bond motifs is 1. The van der Waals surface area contributed by atoms with E-state index >= 15 is 0 Å². The van der Waals surface area contributed by atoms with Crippen LogP contribution in [0.1, 0.15) is 30.2 Å². The van der Waals surface area contributed by atoms with Crippen molar-refractivity contribution in [2.75, 3.05) is 11.5 Å². The van der Waals surface area contributed by atoms with E-state index in [1.807, 2.05) is 13.8 Å². The summed E-state index contributed by atoms with van der Waals surface area (Å²) in [4.78, 5) is 30.9. The predicted molar refractivity (Wildman–Crippen MR) is 97.8 cm³/mol. The van der Waals surface area contributed by atoms with E-state index in [0.29, 0.717) is 16.6 Å². The highest BCUT2D eigenvalue weighted by Crippen LogP contribution is 2.25. The van der Waals surface area contributed by atoms with Crippen molar-refractivity contribution in [3.05, 3.63) is 27.1 Å². The second kappa shape index (κ2) is 6.21. The molecule has 136 valence electrons. The van der Waals surface area contributed by atoms with Crippen LogP contribution >= 0.6 is 11.3 Å². The van der Waals surface area contributed by atoms with Gasteiger partial charge in [-0.05, 0) is 32.8 Å². The monoisotopic (exact) mass is 383 g/mol. The zero-order chi connectivity index (χ0) is 18.4. The summed E-state index contributed by atoms with van der Waals surface area (Å²) in [7, 11) is -3.08. The molecule has 3 rings (SSSR count). The number of sulfone groups is 1. The van der Waals surface area contributed by atoms with Crippen molar-refractivity contribution in [3.8, 4) is 0 Å². The SMILES string of the molecule is Cc1sc2ncn(CCC(=O)NC3(C)CCS(=O)(=O)C3)c(=O)c2c1C. The third-order valence-electron chi connectivity index (χ3n) is 4.68. The summed E-state index contributed by atoms with van der Waals surface area (Å²) in [5.41, 5.74) is 0.0683. The number of carbonyl (C=O) groups excluding carboxylic acids is 1. The lowest BCUT2D eigenvalue weighted by molar-refractivity contribution is -0.122. The maximum atomic E-state index is 12.6. The molecule has 1 fully saturated rings. The van der Waals surface area contributed by atoms with Gasteiger partial charge in [-0.15, -0.1) is 11.3 Å². The maximum Gasteiger partial charge on any atom is 0.262 e. The molecule has 2 aromatic heterocycles. The van der Waals surface area contributed by atoms with Crippen molar-refractivity contribution in [1.82, 2.24) is 14.9 Å². The summed E-state index contributed by atoms with van der Waals surface area (Å²) in [5.74, 6) is -0.197. The van der Waals surface area contributed by atoms with Crippen molar-refractivity contribution in [3.63, 3.8) is 0 Å². The summed E-state index contributed by atoms with van der Waals surface area (Å²) in [6, 6.07) is 0. The molecular formula is C16H21N3O4S2. The average molecular weight is 383 g/mol. The largest absolute Gasteiger partial charge is 0.350 e. The minimum Gasteiger partial charge on any atom is -0.350 e. The number of hydrogen-bond acceptors (Lipinski definition) is 6. The second-order valence-electron chi connectivity index (χ2n) is 6.91. The van der Waals surface area contributed by atoms with Gasteiger partial charge in [0.2, 0.25) is 5.91 Å². The van der Waals surface area contributed by atoms with E-state index in [9.17, 15) is 18.0 Å². The highest BCUT2D eigenvalue weighted by atomic mass is 32.2. The minimum absolute atomic E-state index is 0.0351. The van der Waals surface area contributed by atoms with Crippen LogP contribution in [-0.2, 0) is 21.2 Å². The molecule has 2 aromatic rings. The highest BCUT2D eigenvalue weighted by molar-refractivity contribution is 7.91. The average Bonchev–Trinajstić information content (AvgIpc) is 2.95. The normalized spacial score (nSPS) is 22.4. The number of aromatic nitrogens is 2. The van der Waals surface area contributed by atoms with Gasteiger partial charge in [0.1, 0.15) is 4.83 Å². The first-order chi connectivity index (χ1) is 11.6. The van der Waals surface area contributed by atoms with Crippen LogP contribution in [0.2, 0.25) is 0 Å². The number of amides is 1. The van der Waals surface area contributed by atoms with Crippen molar-refractivity contribution < 1.29 is 13.2 Å². The number of hydrogen-bond donors (Lipinski definition) is 1. The molecular weight excluding hydrogens is 362 g/mol. The summed E-state index contributed by atoms with van der Waals surface area (Å²) in [6.07, 6.45) is 1.99. The van der Waals surface area contributed by atoms with E-state index in [-0.39, 0.29) is 35.9 Å². The first-order valence-electron chi connectivity index (χ1n) is 8.07. The molecule has 25 heavy (non-hydrogen) atoms. The summed E-state index contributed by atoms with van der Waals surface area (Å²) >= 11 is 1.49. The van der Waals surface area contributed by atoms with E-state index in [2.05, 4.69) is 10.3 Å². The first kappa shape index (κ1) is 18.1. The Morgan fingerprint density at radius 2 is 2.16 bits per heavy atom. The molecule has 1 saturated heterocycles. The molecule has 1 atom stereocenters. The number of nitrogens with zero attached hydrogens (tertiary/aromatic N) is 2. The van der Waals surface area contributed by atoms with Crippen molar-refractivity contribution in [2.45, 2.75) is 45.7 Å². The molecule has 0 spiro atoms. The number of rotatable bonds is 4. The van der Waals surface area contributed by atoms with E-state index < -0.39 is 15.4 Å². The van der Waals surface area contributed by atoms with Crippen LogP contribution in [0.15, 0.2) is 11.1 Å². The van der Waals surface area contributed by atoms with Crippen LogP contribution in [0.4, 0.5) is 0 Å². The Bertz CT molecular complexity index is 1010. The fourth-order valence-electron chi connectivity index (χ4n) is 3.16. The van der Waals surface area contributed by atoms with Gasteiger partial charge < -0.3 is 5.32 Å². The number of aryl methyl sites for hydroxylation is 3. The Morgan fingerprint density at radius 1 is 1.44 bits per heavy atom. The first-order valence-corrected chi connectivity index (χ1v) is 10.7. The highest BCUT2D eigenvalue weighted by Gasteiger charge is 2.39. The summed E-state index contributed by atoms with van der Waals surface area (Å²) < 4.78 is 24.7. The van der Waals surface area contributed by atoms with Crippen LogP contribution < -0.4 is 10.9 Å². The van der Waals surface area contributed by atoms with Gasteiger partial charge in [0.05, 0.1) is 28.8 Å². The predicted octanol–water partition coefficient (Wildman–Crippen LogP) is 1.16. The topological polar surface area (TPSA) is 98.1 Å². The molecule has 0 radical (unpaired) electrons. The van der Waals surface area contributed by atoms with Gasteiger partial charge in [-0.2, -0.15) is 0 Å². The Labute approximate surface area is 150 Å². The van der Waals surface area contributed by atoms with Gasteiger partial charge in [0.15, 0.2) is 9.84 Å². The molecule has 3 heterocycles. The Balaban J connectivity index is 1.71. The lowest BCUT2D eigenvalue weighted by atomic mass is 10.0. The standard InChI is InChI=1S/C16H21N3O4S2/c1-10-11(2)24-14-13(10)15(21)19(9-17-14)6-4-12(20)18-16(3)5-7-25(22,23)8-16/h9H,4-8H2,1-3H3,(H,18,20). The molecule has 0 aliphatic carbocycles. The molecule has 0 bridgehead atoms.